The molecule has 0 fully saturated rings. The summed E-state index contributed by atoms with van der Waals surface area (Å²) in [5.74, 6) is 0.937. The van der Waals surface area contributed by atoms with E-state index in [0.29, 0.717) is 6.54 Å². The third-order valence-electron chi connectivity index (χ3n) is 2.37. The topological polar surface area (TPSA) is 46.3 Å². The molecule has 2 N–H and O–H groups in total. The van der Waals surface area contributed by atoms with Gasteiger partial charge in [-0.2, -0.15) is 11.8 Å². The molecular formula is C11H18BrClN2OS2. The average Bonchev–Trinajstić information content (AvgIpc) is 2.70. The van der Waals surface area contributed by atoms with Crippen LogP contribution in [0.4, 0.5) is 0 Å². The highest BCUT2D eigenvalue weighted by Gasteiger charge is 2.17. The van der Waals surface area contributed by atoms with Crippen molar-refractivity contribution in [2.75, 3.05) is 19.1 Å². The highest BCUT2D eigenvalue weighted by atomic mass is 79.9. The molecule has 1 rings (SSSR count). The Hall–Kier alpha value is 0.250. The summed E-state index contributed by atoms with van der Waals surface area (Å²) in [6.45, 7) is 0.619. The number of amides is 1. The molecule has 0 saturated heterocycles. The maximum atomic E-state index is 11.9. The molecule has 18 heavy (non-hydrogen) atoms. The van der Waals surface area contributed by atoms with Crippen LogP contribution in [0.15, 0.2) is 15.2 Å². The standard InChI is InChI=1S/C11H17BrN2OS2.ClH/c1-14(6-8-5-10(12)17-7-8)11(15)9(13)3-4-16-2;/h5,7,9H,3-4,6,13H2,1-2H3;1H/t9-;/m0./s1. The second kappa shape index (κ2) is 9.20. The minimum atomic E-state index is -0.380. The van der Waals surface area contributed by atoms with E-state index in [1.807, 2.05) is 17.7 Å². The van der Waals surface area contributed by atoms with Gasteiger partial charge in [0.25, 0.3) is 0 Å². The number of carbonyl (C=O) groups is 1. The summed E-state index contributed by atoms with van der Waals surface area (Å²) in [7, 11) is 1.80. The lowest BCUT2D eigenvalue weighted by molar-refractivity contribution is -0.131. The van der Waals surface area contributed by atoms with Crippen LogP contribution in [0, 0.1) is 0 Å². The molecule has 1 aromatic heterocycles. The van der Waals surface area contributed by atoms with E-state index in [1.165, 1.54) is 0 Å². The summed E-state index contributed by atoms with van der Waals surface area (Å²) in [5.41, 5.74) is 6.99. The number of thiophene rings is 1. The minimum absolute atomic E-state index is 0. The van der Waals surface area contributed by atoms with E-state index in [9.17, 15) is 4.79 Å². The average molecular weight is 374 g/mol. The molecule has 0 bridgehead atoms. The summed E-state index contributed by atoms with van der Waals surface area (Å²) in [5, 5.41) is 2.04. The van der Waals surface area contributed by atoms with Gasteiger partial charge in [-0.15, -0.1) is 23.7 Å². The summed E-state index contributed by atoms with van der Waals surface area (Å²) >= 11 is 6.75. The second-order valence-corrected chi connectivity index (χ2v) is 7.12. The molecule has 1 heterocycles. The predicted molar refractivity (Wildman–Crippen MR) is 86.7 cm³/mol. The number of nitrogens with zero attached hydrogens (tertiary/aromatic N) is 1. The van der Waals surface area contributed by atoms with Crippen LogP contribution in [0.3, 0.4) is 0 Å². The van der Waals surface area contributed by atoms with Crippen LogP contribution in [0.1, 0.15) is 12.0 Å². The summed E-state index contributed by atoms with van der Waals surface area (Å²) in [6.07, 6.45) is 2.75. The molecule has 0 aliphatic heterocycles. The van der Waals surface area contributed by atoms with Crippen LogP contribution in [0.25, 0.3) is 0 Å². The fourth-order valence-electron chi connectivity index (χ4n) is 1.43. The lowest BCUT2D eigenvalue weighted by Crippen LogP contribution is -2.41. The molecule has 104 valence electrons. The van der Waals surface area contributed by atoms with E-state index in [2.05, 4.69) is 15.9 Å². The number of rotatable bonds is 6. The molecule has 0 unspecified atom stereocenters. The van der Waals surface area contributed by atoms with Gasteiger partial charge >= 0.3 is 0 Å². The molecule has 1 atom stereocenters. The first-order chi connectivity index (χ1) is 8.04. The maximum Gasteiger partial charge on any atom is 0.239 e. The number of thioether (sulfide) groups is 1. The van der Waals surface area contributed by atoms with Crippen molar-refractivity contribution < 1.29 is 4.79 Å². The summed E-state index contributed by atoms with van der Waals surface area (Å²) < 4.78 is 1.08. The van der Waals surface area contributed by atoms with Crippen molar-refractivity contribution >= 4 is 57.3 Å². The predicted octanol–water partition coefficient (Wildman–Crippen LogP) is 2.97. The van der Waals surface area contributed by atoms with Crippen molar-refractivity contribution in [3.63, 3.8) is 0 Å². The number of likely N-dealkylation sites (N-methyl/N-ethyl adjacent to an activating group) is 1. The van der Waals surface area contributed by atoms with E-state index in [-0.39, 0.29) is 24.4 Å². The molecule has 0 aliphatic carbocycles. The first-order valence-corrected chi connectivity index (χ1v) is 8.33. The number of carbonyl (C=O) groups excluding carboxylic acids is 1. The van der Waals surface area contributed by atoms with Gasteiger partial charge in [-0.25, -0.2) is 0 Å². The molecule has 3 nitrogen and oxygen atoms in total. The first kappa shape index (κ1) is 18.2. The van der Waals surface area contributed by atoms with E-state index < -0.39 is 0 Å². The van der Waals surface area contributed by atoms with E-state index in [4.69, 9.17) is 5.73 Å². The molecule has 7 heteroatoms. The summed E-state index contributed by atoms with van der Waals surface area (Å²) in [4.78, 5) is 13.6. The Balaban J connectivity index is 0.00000289. The van der Waals surface area contributed by atoms with Crippen molar-refractivity contribution in [3.8, 4) is 0 Å². The molecule has 0 saturated carbocycles. The monoisotopic (exact) mass is 372 g/mol. The third kappa shape index (κ3) is 5.93. The van der Waals surface area contributed by atoms with Gasteiger partial charge in [-0.05, 0) is 51.4 Å². The van der Waals surface area contributed by atoms with Crippen molar-refractivity contribution in [1.82, 2.24) is 4.90 Å². The smallest absolute Gasteiger partial charge is 0.239 e. The van der Waals surface area contributed by atoms with Gasteiger partial charge in [0.15, 0.2) is 0 Å². The lowest BCUT2D eigenvalue weighted by atomic mass is 10.2. The lowest BCUT2D eigenvalue weighted by Gasteiger charge is -2.20. The van der Waals surface area contributed by atoms with Crippen molar-refractivity contribution in [1.29, 1.82) is 0 Å². The molecule has 0 aliphatic rings. The van der Waals surface area contributed by atoms with Crippen LogP contribution in [0.2, 0.25) is 0 Å². The fourth-order valence-corrected chi connectivity index (χ4v) is 3.12. The maximum absolute atomic E-state index is 11.9. The van der Waals surface area contributed by atoms with Crippen molar-refractivity contribution in [3.05, 3.63) is 20.8 Å². The first-order valence-electron chi connectivity index (χ1n) is 5.27. The second-order valence-electron chi connectivity index (χ2n) is 3.84. The Bertz CT molecular complexity index is 376. The zero-order valence-electron chi connectivity index (χ0n) is 10.4. The Morgan fingerprint density at radius 1 is 1.67 bits per heavy atom. The van der Waals surface area contributed by atoms with Crippen LogP contribution in [-0.2, 0) is 11.3 Å². The molecular weight excluding hydrogens is 356 g/mol. The molecule has 1 aromatic rings. The van der Waals surface area contributed by atoms with Gasteiger partial charge < -0.3 is 10.6 Å². The molecule has 0 aromatic carbocycles. The quantitative estimate of drug-likeness (QED) is 0.834. The Kier molecular flexibility index (Phi) is 9.33. The highest BCUT2D eigenvalue weighted by molar-refractivity contribution is 9.11. The van der Waals surface area contributed by atoms with Crippen molar-refractivity contribution in [2.45, 2.75) is 19.0 Å². The van der Waals surface area contributed by atoms with E-state index >= 15 is 0 Å². The minimum Gasteiger partial charge on any atom is -0.340 e. The van der Waals surface area contributed by atoms with E-state index in [0.717, 1.165) is 21.5 Å². The van der Waals surface area contributed by atoms with Crippen molar-refractivity contribution in [2.24, 2.45) is 5.73 Å². The largest absolute Gasteiger partial charge is 0.340 e. The van der Waals surface area contributed by atoms with Gasteiger partial charge in [0.2, 0.25) is 5.91 Å². The van der Waals surface area contributed by atoms with Crippen LogP contribution >= 0.6 is 51.4 Å². The normalized spacial score (nSPS) is 11.8. The molecule has 1 amide bonds. The zero-order valence-corrected chi connectivity index (χ0v) is 14.4. The fraction of sp³-hybridized carbons (Fsp3) is 0.545. The van der Waals surface area contributed by atoms with Gasteiger partial charge in [0.1, 0.15) is 0 Å². The molecule has 0 radical (unpaired) electrons. The molecule has 0 spiro atoms. The third-order valence-corrected chi connectivity index (χ3v) is 4.57. The Morgan fingerprint density at radius 2 is 2.33 bits per heavy atom. The van der Waals surface area contributed by atoms with Gasteiger partial charge in [0.05, 0.1) is 9.83 Å². The highest BCUT2D eigenvalue weighted by Crippen LogP contribution is 2.21. The number of hydrogen-bond donors (Lipinski definition) is 1. The van der Waals surface area contributed by atoms with Crippen LogP contribution < -0.4 is 5.73 Å². The number of halogens is 2. The van der Waals surface area contributed by atoms with Gasteiger partial charge in [-0.1, -0.05) is 0 Å². The van der Waals surface area contributed by atoms with E-state index in [1.54, 1.807) is 35.0 Å². The van der Waals surface area contributed by atoms with Gasteiger partial charge in [0, 0.05) is 13.6 Å². The zero-order chi connectivity index (χ0) is 12.8. The Morgan fingerprint density at radius 3 is 2.83 bits per heavy atom. The van der Waals surface area contributed by atoms with Crippen LogP contribution in [-0.4, -0.2) is 35.9 Å². The SMILES string of the molecule is CSCC[C@H](N)C(=O)N(C)Cc1csc(Br)c1.Cl. The number of hydrogen-bond acceptors (Lipinski definition) is 4. The number of nitrogens with two attached hydrogens (primary N) is 1. The Labute approximate surface area is 131 Å². The van der Waals surface area contributed by atoms with Gasteiger partial charge in [-0.3, -0.25) is 4.79 Å². The van der Waals surface area contributed by atoms with Crippen LogP contribution in [0.5, 0.6) is 0 Å². The summed E-state index contributed by atoms with van der Waals surface area (Å²) in [6, 6.07) is 1.65.